The zero-order valence-electron chi connectivity index (χ0n) is 28.6. The van der Waals surface area contributed by atoms with Gasteiger partial charge in [-0.3, -0.25) is 19.2 Å². The zero-order valence-corrected chi connectivity index (χ0v) is 28.6. The molecular weight excluding hydrogens is 672 g/mol. The van der Waals surface area contributed by atoms with Crippen molar-refractivity contribution in [2.75, 3.05) is 35.7 Å². The van der Waals surface area contributed by atoms with E-state index in [0.29, 0.717) is 5.56 Å². The first kappa shape index (κ1) is 38.1. The molecule has 1 atom stereocenters. The van der Waals surface area contributed by atoms with Gasteiger partial charge < -0.3 is 42.6 Å². The van der Waals surface area contributed by atoms with Gasteiger partial charge in [-0.25, -0.2) is 9.97 Å². The first-order valence-electron chi connectivity index (χ1n) is 16.0. The quantitative estimate of drug-likeness (QED) is 0.0553. The zero-order chi connectivity index (χ0) is 37.6. The molecule has 0 saturated carbocycles. The highest BCUT2D eigenvalue weighted by molar-refractivity contribution is 5.94. The number of carbonyl (C=O) groups excluding carboxylic acids is 4. The van der Waals surface area contributed by atoms with Gasteiger partial charge in [0.1, 0.15) is 34.4 Å². The summed E-state index contributed by atoms with van der Waals surface area (Å²) in [5, 5.41) is 24.6. The van der Waals surface area contributed by atoms with E-state index in [0.717, 1.165) is 0 Å². The largest absolute Gasteiger partial charge is 0.424 e. The van der Waals surface area contributed by atoms with Crippen molar-refractivity contribution in [1.82, 2.24) is 15.3 Å². The minimum Gasteiger partial charge on any atom is -0.424 e. The predicted molar refractivity (Wildman–Crippen MR) is 193 cm³/mol. The van der Waals surface area contributed by atoms with Crippen molar-refractivity contribution in [2.24, 2.45) is 26.2 Å². The summed E-state index contributed by atoms with van der Waals surface area (Å²) < 4.78 is 11.0. The molecule has 2 amide bonds. The van der Waals surface area contributed by atoms with Gasteiger partial charge in [-0.05, 0) is 74.5 Å². The molecule has 0 bridgehead atoms. The van der Waals surface area contributed by atoms with E-state index in [4.69, 9.17) is 26.7 Å². The number of likely N-dealkylation sites (N-methyl/N-ethyl adjacent to an activating group) is 1. The number of pyridine rings is 2. The van der Waals surface area contributed by atoms with Crippen LogP contribution in [-0.2, 0) is 25.6 Å². The van der Waals surface area contributed by atoms with Crippen LogP contribution in [0.4, 0.5) is 46.0 Å². The lowest BCUT2D eigenvalue weighted by Crippen LogP contribution is -2.32. The number of esters is 2. The summed E-state index contributed by atoms with van der Waals surface area (Å²) in [6.45, 7) is 3.30. The van der Waals surface area contributed by atoms with E-state index in [1.807, 2.05) is 0 Å². The summed E-state index contributed by atoms with van der Waals surface area (Å²) in [7, 11) is 1.65. The van der Waals surface area contributed by atoms with Crippen molar-refractivity contribution in [1.29, 1.82) is 0 Å². The van der Waals surface area contributed by atoms with Crippen LogP contribution in [0.3, 0.4) is 0 Å². The molecule has 18 nitrogen and oxygen atoms in total. The molecule has 0 spiro atoms. The van der Waals surface area contributed by atoms with E-state index in [-0.39, 0.29) is 89.2 Å². The van der Waals surface area contributed by atoms with E-state index < -0.39 is 23.9 Å². The normalized spacial score (nSPS) is 11.7. The first-order valence-corrected chi connectivity index (χ1v) is 16.0. The molecule has 0 aliphatic carbocycles. The molecule has 9 N–H and O–H groups in total. The Morgan fingerprint density at radius 3 is 1.94 bits per heavy atom. The number of carbonyl (C=O) groups is 4. The van der Waals surface area contributed by atoms with Gasteiger partial charge in [0.2, 0.25) is 11.8 Å². The van der Waals surface area contributed by atoms with Crippen LogP contribution < -0.4 is 42.6 Å². The molecule has 0 aliphatic heterocycles. The van der Waals surface area contributed by atoms with Gasteiger partial charge in [0, 0.05) is 12.8 Å². The standard InChI is InChI=1S/C34H38N12O6/c1-4-30(48)51-26-13-9-20(17-24(26)46-45-23-12-15-28(41-33(23)37)42-34(50)19(2)35)10-16-31(49)52-25-8-6-5-7-21(25)43-44-22-11-14-27(40-32(22)36)39-29(47)18-38-3/h5-9,11-15,17,19,38H,4,10,16,18,35H2,1-3H3,(H3,36,39,40,47)(H3,37,41,42,50)/t19-/m0/s1. The van der Waals surface area contributed by atoms with Gasteiger partial charge in [-0.1, -0.05) is 25.1 Å². The number of azo groups is 2. The summed E-state index contributed by atoms with van der Waals surface area (Å²) in [5.41, 5.74) is 19.2. The van der Waals surface area contributed by atoms with Gasteiger partial charge in [0.05, 0.1) is 12.6 Å². The van der Waals surface area contributed by atoms with Gasteiger partial charge >= 0.3 is 11.9 Å². The van der Waals surface area contributed by atoms with E-state index in [2.05, 4.69) is 46.4 Å². The smallest absolute Gasteiger partial charge is 0.311 e. The SMILES string of the molecule is CCC(=O)Oc1ccc(CCC(=O)Oc2ccccc2N=Nc2ccc(NC(=O)CNC)nc2N)cc1N=Nc1ccc(NC(=O)[C@H](C)N)nc1N. The number of nitrogens with two attached hydrogens (primary N) is 3. The number of nitrogens with zero attached hydrogens (tertiary/aromatic N) is 6. The number of aromatic nitrogens is 2. The molecule has 2 aromatic heterocycles. The minimum absolute atomic E-state index is 0.0131. The Kier molecular flexibility index (Phi) is 13.5. The van der Waals surface area contributed by atoms with Crippen LogP contribution in [-0.4, -0.2) is 53.4 Å². The van der Waals surface area contributed by atoms with Crippen LogP contribution in [0.2, 0.25) is 0 Å². The van der Waals surface area contributed by atoms with Crippen LogP contribution in [0.1, 0.15) is 32.3 Å². The third kappa shape index (κ3) is 11.2. The maximum atomic E-state index is 12.9. The molecule has 4 aromatic rings. The highest BCUT2D eigenvalue weighted by atomic mass is 16.5. The lowest BCUT2D eigenvalue weighted by Gasteiger charge is -2.10. The fraction of sp³-hybridized carbons (Fsp3) is 0.235. The number of nitrogen functional groups attached to an aromatic ring is 2. The molecule has 18 heteroatoms. The number of ether oxygens (including phenoxy) is 2. The maximum absolute atomic E-state index is 12.9. The second-order valence-corrected chi connectivity index (χ2v) is 11.0. The van der Waals surface area contributed by atoms with Gasteiger partial charge in [-0.2, -0.15) is 0 Å². The summed E-state index contributed by atoms with van der Waals surface area (Å²) in [6.07, 6.45) is 0.341. The van der Waals surface area contributed by atoms with Crippen LogP contribution >= 0.6 is 0 Å². The Morgan fingerprint density at radius 2 is 1.33 bits per heavy atom. The van der Waals surface area contributed by atoms with Crippen molar-refractivity contribution >= 4 is 69.8 Å². The minimum atomic E-state index is -0.742. The molecule has 0 saturated heterocycles. The highest BCUT2D eigenvalue weighted by Crippen LogP contribution is 2.34. The summed E-state index contributed by atoms with van der Waals surface area (Å²) in [5.74, 6) is -0.955. The lowest BCUT2D eigenvalue weighted by atomic mass is 10.1. The Hall–Kier alpha value is -6.66. The summed E-state index contributed by atoms with van der Waals surface area (Å²) in [6, 6.07) is 16.8. The highest BCUT2D eigenvalue weighted by Gasteiger charge is 2.14. The van der Waals surface area contributed by atoms with Crippen molar-refractivity contribution in [3.8, 4) is 11.5 Å². The topological polar surface area (TPSA) is 276 Å². The van der Waals surface area contributed by atoms with Crippen LogP contribution in [0.15, 0.2) is 87.2 Å². The average Bonchev–Trinajstić information content (AvgIpc) is 3.11. The van der Waals surface area contributed by atoms with Crippen molar-refractivity contribution in [2.45, 2.75) is 39.2 Å². The number of nitrogens with one attached hydrogen (secondary N) is 3. The van der Waals surface area contributed by atoms with Gasteiger partial charge in [0.25, 0.3) is 0 Å². The number of aryl methyl sites for hydroxylation is 1. The van der Waals surface area contributed by atoms with E-state index in [9.17, 15) is 19.2 Å². The molecular formula is C34H38N12O6. The molecule has 0 aliphatic rings. The number of amides is 2. The summed E-state index contributed by atoms with van der Waals surface area (Å²) in [4.78, 5) is 56.9. The Balaban J connectivity index is 1.44. The Bertz CT molecular complexity index is 2000. The number of hydrogen-bond acceptors (Lipinski definition) is 16. The first-order chi connectivity index (χ1) is 24.9. The maximum Gasteiger partial charge on any atom is 0.311 e. The Morgan fingerprint density at radius 1 is 0.750 bits per heavy atom. The second-order valence-electron chi connectivity index (χ2n) is 11.0. The summed E-state index contributed by atoms with van der Waals surface area (Å²) >= 11 is 0. The van der Waals surface area contributed by atoms with Crippen LogP contribution in [0, 0.1) is 0 Å². The number of para-hydroxylation sites is 1. The molecule has 2 heterocycles. The van der Waals surface area contributed by atoms with Crippen LogP contribution in [0.5, 0.6) is 11.5 Å². The molecule has 0 unspecified atom stereocenters. The molecule has 4 rings (SSSR count). The molecule has 0 fully saturated rings. The number of hydrogen-bond donors (Lipinski definition) is 6. The fourth-order valence-electron chi connectivity index (χ4n) is 4.17. The third-order valence-electron chi connectivity index (χ3n) is 6.85. The number of benzene rings is 2. The van der Waals surface area contributed by atoms with Crippen molar-refractivity contribution in [3.05, 3.63) is 72.3 Å². The molecule has 270 valence electrons. The molecule has 0 radical (unpaired) electrons. The Labute approximate surface area is 298 Å². The fourth-order valence-corrected chi connectivity index (χ4v) is 4.17. The third-order valence-corrected chi connectivity index (χ3v) is 6.85. The number of rotatable bonds is 15. The van der Waals surface area contributed by atoms with Gasteiger partial charge in [-0.15, -0.1) is 20.5 Å². The van der Waals surface area contributed by atoms with E-state index >= 15 is 0 Å². The second kappa shape index (κ2) is 18.4. The molecule has 2 aromatic carbocycles. The van der Waals surface area contributed by atoms with Crippen molar-refractivity contribution < 1.29 is 28.7 Å². The molecule has 52 heavy (non-hydrogen) atoms. The van der Waals surface area contributed by atoms with Crippen molar-refractivity contribution in [3.63, 3.8) is 0 Å². The average molecular weight is 711 g/mol. The van der Waals surface area contributed by atoms with Gasteiger partial charge in [0.15, 0.2) is 23.1 Å². The van der Waals surface area contributed by atoms with Crippen LogP contribution in [0.25, 0.3) is 0 Å². The van der Waals surface area contributed by atoms with E-state index in [1.165, 1.54) is 25.1 Å². The van der Waals surface area contributed by atoms with E-state index in [1.54, 1.807) is 62.5 Å². The lowest BCUT2D eigenvalue weighted by molar-refractivity contribution is -0.135. The predicted octanol–water partition coefficient (Wildman–Crippen LogP) is 4.77. The monoisotopic (exact) mass is 710 g/mol. The number of anilines is 4.